The summed E-state index contributed by atoms with van der Waals surface area (Å²) in [5, 5.41) is 10.2. The minimum absolute atomic E-state index is 0. The zero-order valence-corrected chi connectivity index (χ0v) is 18.1. The van der Waals surface area contributed by atoms with Gasteiger partial charge >= 0.3 is 6.61 Å². The predicted octanol–water partition coefficient (Wildman–Crippen LogP) is 3.73. The molecule has 27 heavy (non-hydrogen) atoms. The maximum atomic E-state index is 12.5. The van der Waals surface area contributed by atoms with Crippen LogP contribution in [0.4, 0.5) is 8.78 Å². The summed E-state index contributed by atoms with van der Waals surface area (Å²) in [6.07, 6.45) is 0.742. The second-order valence-corrected chi connectivity index (χ2v) is 5.89. The fourth-order valence-corrected chi connectivity index (χ4v) is 2.62. The highest BCUT2D eigenvalue weighted by molar-refractivity contribution is 14.0. The quantitative estimate of drug-likeness (QED) is 0.349. The summed E-state index contributed by atoms with van der Waals surface area (Å²) >= 11 is 0. The highest BCUT2D eigenvalue weighted by atomic mass is 127. The molecule has 0 fully saturated rings. The van der Waals surface area contributed by atoms with E-state index in [1.807, 2.05) is 26.8 Å². The number of nitrogens with one attached hydrogen (secondary N) is 2. The lowest BCUT2D eigenvalue weighted by molar-refractivity contribution is -0.0504. The number of aliphatic imine (C=N–C) groups is 1. The second-order valence-electron chi connectivity index (χ2n) is 5.89. The van der Waals surface area contributed by atoms with Gasteiger partial charge in [-0.25, -0.2) is 0 Å². The highest BCUT2D eigenvalue weighted by Crippen LogP contribution is 2.22. The third-order valence-corrected chi connectivity index (χ3v) is 3.95. The Hall–Kier alpha value is -1.91. The monoisotopic (exact) mass is 494 g/mol. The fraction of sp³-hybridized carbons (Fsp3) is 0.444. The molecule has 1 aromatic heterocycles. The number of aromatic nitrogens is 1. The Morgan fingerprint density at radius 2 is 2.00 bits per heavy atom. The lowest BCUT2D eigenvalue weighted by atomic mass is 10.1. The predicted molar refractivity (Wildman–Crippen MR) is 111 cm³/mol. The molecule has 150 valence electrons. The van der Waals surface area contributed by atoms with Crippen molar-refractivity contribution in [1.82, 2.24) is 15.8 Å². The summed E-state index contributed by atoms with van der Waals surface area (Å²) < 4.78 is 34.8. The molecule has 2 N–H and O–H groups in total. The van der Waals surface area contributed by atoms with Gasteiger partial charge in [-0.1, -0.05) is 22.9 Å². The third-order valence-electron chi connectivity index (χ3n) is 3.95. The van der Waals surface area contributed by atoms with E-state index in [1.165, 1.54) is 0 Å². The zero-order chi connectivity index (χ0) is 19.1. The molecule has 0 spiro atoms. The first-order chi connectivity index (χ1) is 12.4. The van der Waals surface area contributed by atoms with E-state index in [9.17, 15) is 8.78 Å². The van der Waals surface area contributed by atoms with Crippen LogP contribution in [0.25, 0.3) is 0 Å². The summed E-state index contributed by atoms with van der Waals surface area (Å²) in [6.45, 7) is 3.77. The zero-order valence-electron chi connectivity index (χ0n) is 15.8. The first kappa shape index (κ1) is 23.1. The van der Waals surface area contributed by atoms with Gasteiger partial charge in [-0.3, -0.25) is 4.99 Å². The number of rotatable bonds is 7. The maximum absolute atomic E-state index is 12.5. The average molecular weight is 494 g/mol. The van der Waals surface area contributed by atoms with Crippen LogP contribution >= 0.6 is 24.0 Å². The van der Waals surface area contributed by atoms with E-state index in [0.717, 1.165) is 29.0 Å². The third kappa shape index (κ3) is 6.96. The van der Waals surface area contributed by atoms with Gasteiger partial charge in [-0.05, 0) is 33.3 Å². The van der Waals surface area contributed by atoms with Crippen LogP contribution in [0, 0.1) is 20.8 Å². The van der Waals surface area contributed by atoms with Crippen LogP contribution in [0.15, 0.2) is 27.7 Å². The molecule has 2 aromatic rings. The number of guanidine groups is 1. The van der Waals surface area contributed by atoms with E-state index in [0.29, 0.717) is 24.6 Å². The topological polar surface area (TPSA) is 71.7 Å². The SMILES string of the molecule is CN=C(NCCc1c(C)noc1C)NCc1cc(C)ccc1OC(F)F.I. The average Bonchev–Trinajstić information content (AvgIpc) is 2.91. The number of nitrogens with zero attached hydrogens (tertiary/aromatic N) is 2. The Morgan fingerprint density at radius 1 is 1.26 bits per heavy atom. The number of benzene rings is 1. The number of aryl methyl sites for hydroxylation is 3. The van der Waals surface area contributed by atoms with Gasteiger partial charge in [0.25, 0.3) is 0 Å². The molecule has 0 atom stereocenters. The fourth-order valence-electron chi connectivity index (χ4n) is 2.62. The van der Waals surface area contributed by atoms with Crippen molar-refractivity contribution in [2.75, 3.05) is 13.6 Å². The maximum Gasteiger partial charge on any atom is 0.387 e. The Bertz CT molecular complexity index is 746. The van der Waals surface area contributed by atoms with Gasteiger partial charge in [0.1, 0.15) is 11.5 Å². The van der Waals surface area contributed by atoms with Crippen molar-refractivity contribution in [2.24, 2.45) is 4.99 Å². The van der Waals surface area contributed by atoms with Crippen molar-refractivity contribution in [3.8, 4) is 5.75 Å². The Labute approximate surface area is 174 Å². The molecule has 0 radical (unpaired) electrons. The molecular weight excluding hydrogens is 469 g/mol. The van der Waals surface area contributed by atoms with Crippen LogP contribution in [-0.2, 0) is 13.0 Å². The molecule has 0 aliphatic rings. The van der Waals surface area contributed by atoms with Gasteiger partial charge in [0.15, 0.2) is 5.96 Å². The van der Waals surface area contributed by atoms with Crippen molar-refractivity contribution in [3.63, 3.8) is 0 Å². The van der Waals surface area contributed by atoms with E-state index in [4.69, 9.17) is 4.52 Å². The summed E-state index contributed by atoms with van der Waals surface area (Å²) in [4.78, 5) is 4.15. The number of hydrogen-bond donors (Lipinski definition) is 2. The summed E-state index contributed by atoms with van der Waals surface area (Å²) in [6, 6.07) is 5.09. The largest absolute Gasteiger partial charge is 0.434 e. The van der Waals surface area contributed by atoms with E-state index in [2.05, 4.69) is 25.5 Å². The number of halogens is 3. The van der Waals surface area contributed by atoms with Gasteiger partial charge in [-0.15, -0.1) is 24.0 Å². The normalized spacial score (nSPS) is 11.3. The van der Waals surface area contributed by atoms with E-state index < -0.39 is 6.61 Å². The molecule has 0 amide bonds. The molecule has 0 aliphatic carbocycles. The van der Waals surface area contributed by atoms with Crippen LogP contribution in [-0.4, -0.2) is 31.3 Å². The first-order valence-electron chi connectivity index (χ1n) is 8.31. The number of alkyl halides is 2. The molecule has 0 saturated heterocycles. The van der Waals surface area contributed by atoms with Gasteiger partial charge in [0.2, 0.25) is 0 Å². The highest BCUT2D eigenvalue weighted by Gasteiger charge is 2.11. The van der Waals surface area contributed by atoms with Crippen LogP contribution < -0.4 is 15.4 Å². The van der Waals surface area contributed by atoms with E-state index in [-0.39, 0.29) is 29.7 Å². The molecule has 1 aromatic carbocycles. The second kappa shape index (κ2) is 11.1. The first-order valence-corrected chi connectivity index (χ1v) is 8.31. The molecule has 1 heterocycles. The van der Waals surface area contributed by atoms with Crippen molar-refractivity contribution >= 4 is 29.9 Å². The summed E-state index contributed by atoms with van der Waals surface area (Å²) in [5.74, 6) is 1.53. The Morgan fingerprint density at radius 3 is 2.59 bits per heavy atom. The lowest BCUT2D eigenvalue weighted by Gasteiger charge is -2.15. The molecule has 2 rings (SSSR count). The van der Waals surface area contributed by atoms with Gasteiger partial charge in [0.05, 0.1) is 5.69 Å². The van der Waals surface area contributed by atoms with Crippen molar-refractivity contribution in [2.45, 2.75) is 40.3 Å². The lowest BCUT2D eigenvalue weighted by Crippen LogP contribution is -2.38. The van der Waals surface area contributed by atoms with Crippen LogP contribution in [0.5, 0.6) is 5.75 Å². The van der Waals surface area contributed by atoms with Crippen molar-refractivity contribution in [3.05, 3.63) is 46.3 Å². The Kier molecular flexibility index (Phi) is 9.47. The minimum atomic E-state index is -2.86. The minimum Gasteiger partial charge on any atom is -0.434 e. The van der Waals surface area contributed by atoms with Gasteiger partial charge < -0.3 is 19.9 Å². The number of hydrogen-bond acceptors (Lipinski definition) is 4. The molecule has 9 heteroatoms. The van der Waals surface area contributed by atoms with Crippen LogP contribution in [0.1, 0.15) is 28.1 Å². The molecule has 0 bridgehead atoms. The van der Waals surface area contributed by atoms with E-state index in [1.54, 1.807) is 19.2 Å². The van der Waals surface area contributed by atoms with Crippen molar-refractivity contribution < 1.29 is 18.0 Å². The molecule has 0 saturated carbocycles. The molecule has 0 aliphatic heterocycles. The van der Waals surface area contributed by atoms with Crippen LogP contribution in [0.3, 0.4) is 0 Å². The summed E-state index contributed by atoms with van der Waals surface area (Å²) in [5.41, 5.74) is 3.55. The molecule has 6 nitrogen and oxygen atoms in total. The van der Waals surface area contributed by atoms with Crippen molar-refractivity contribution in [1.29, 1.82) is 0 Å². The Balaban J connectivity index is 0.00000364. The van der Waals surface area contributed by atoms with Gasteiger partial charge in [-0.2, -0.15) is 8.78 Å². The smallest absolute Gasteiger partial charge is 0.387 e. The molecule has 0 unspecified atom stereocenters. The standard InChI is InChI=1S/C18H24F2N4O2.HI/c1-11-5-6-16(25-17(19)20)14(9-11)10-23-18(21-4)22-8-7-15-12(2)24-26-13(15)3;/h5-6,9,17H,7-8,10H2,1-4H3,(H2,21,22,23);1H. The number of ether oxygens (including phenoxy) is 1. The summed E-state index contributed by atoms with van der Waals surface area (Å²) in [7, 11) is 1.65. The van der Waals surface area contributed by atoms with Gasteiger partial charge in [0, 0.05) is 31.3 Å². The molecular formula is C18H25F2IN4O2. The van der Waals surface area contributed by atoms with Crippen LogP contribution in [0.2, 0.25) is 0 Å². The van der Waals surface area contributed by atoms with E-state index >= 15 is 0 Å².